The predicted molar refractivity (Wildman–Crippen MR) is 81.9 cm³/mol. The van der Waals surface area contributed by atoms with Gasteiger partial charge in [-0.2, -0.15) is 0 Å². The third-order valence-corrected chi connectivity index (χ3v) is 3.00. The number of pyridine rings is 2. The number of para-hydroxylation sites is 1. The molecule has 5 heteroatoms. The molecule has 0 saturated carbocycles. The molecule has 0 bridgehead atoms. The molecule has 4 nitrogen and oxygen atoms in total. The number of hydrogen-bond donors (Lipinski definition) is 1. The van der Waals surface area contributed by atoms with Gasteiger partial charge in [0.25, 0.3) is 0 Å². The zero-order valence-corrected chi connectivity index (χ0v) is 11.3. The molecular weight excluding hydrogens is 270 g/mol. The van der Waals surface area contributed by atoms with Crippen molar-refractivity contribution in [2.75, 3.05) is 0 Å². The second-order valence-electron chi connectivity index (χ2n) is 4.21. The second-order valence-corrected chi connectivity index (χ2v) is 4.65. The van der Waals surface area contributed by atoms with Crippen molar-refractivity contribution in [2.45, 2.75) is 0 Å². The number of hydrogen-bond acceptors (Lipinski definition) is 4. The molecule has 0 atom stereocenters. The Balaban J connectivity index is 1.87. The number of nitrogens with zero attached hydrogens (tertiary/aromatic N) is 2. The van der Waals surface area contributed by atoms with E-state index >= 15 is 0 Å². The molecule has 0 fully saturated rings. The van der Waals surface area contributed by atoms with Crippen LogP contribution in [0.1, 0.15) is 5.69 Å². The molecule has 3 rings (SSSR count). The van der Waals surface area contributed by atoms with Gasteiger partial charge in [-0.05, 0) is 24.3 Å². The van der Waals surface area contributed by atoms with E-state index < -0.39 is 0 Å². The van der Waals surface area contributed by atoms with Crippen LogP contribution in [0.2, 0.25) is 0 Å². The fraction of sp³-hybridized carbons (Fsp3) is 0. The summed E-state index contributed by atoms with van der Waals surface area (Å²) >= 11 is 4.85. The maximum atomic E-state index is 5.71. The molecule has 2 N–H and O–H groups in total. The van der Waals surface area contributed by atoms with Crippen LogP contribution in [0, 0.1) is 0 Å². The maximum absolute atomic E-state index is 5.71. The molecule has 1 aromatic carbocycles. The van der Waals surface area contributed by atoms with Gasteiger partial charge in [0.05, 0.1) is 23.6 Å². The zero-order chi connectivity index (χ0) is 13.9. The number of nitrogens with two attached hydrogens (primary N) is 1. The molecule has 0 aliphatic heterocycles. The largest absolute Gasteiger partial charge is 0.454 e. The van der Waals surface area contributed by atoms with Crippen LogP contribution in [0.3, 0.4) is 0 Å². The summed E-state index contributed by atoms with van der Waals surface area (Å²) in [6.45, 7) is 0. The number of rotatable bonds is 3. The molecule has 0 spiro atoms. The Morgan fingerprint density at radius 1 is 1.00 bits per heavy atom. The van der Waals surface area contributed by atoms with Crippen LogP contribution in [0.4, 0.5) is 0 Å². The fourth-order valence-electron chi connectivity index (χ4n) is 1.83. The summed E-state index contributed by atoms with van der Waals surface area (Å²) in [6.07, 6.45) is 3.27. The van der Waals surface area contributed by atoms with Crippen molar-refractivity contribution >= 4 is 28.1 Å². The Hall–Kier alpha value is -2.53. The molecule has 20 heavy (non-hydrogen) atoms. The van der Waals surface area contributed by atoms with Crippen molar-refractivity contribution in [3.05, 3.63) is 60.6 Å². The van der Waals surface area contributed by atoms with Gasteiger partial charge in [-0.15, -0.1) is 0 Å². The molecule has 98 valence electrons. The van der Waals surface area contributed by atoms with E-state index in [0.717, 1.165) is 10.9 Å². The summed E-state index contributed by atoms with van der Waals surface area (Å²) in [7, 11) is 0. The quantitative estimate of drug-likeness (QED) is 0.748. The zero-order valence-electron chi connectivity index (χ0n) is 10.5. The van der Waals surface area contributed by atoms with Gasteiger partial charge in [0, 0.05) is 5.39 Å². The van der Waals surface area contributed by atoms with Crippen molar-refractivity contribution < 1.29 is 4.74 Å². The van der Waals surface area contributed by atoms with Crippen molar-refractivity contribution in [3.63, 3.8) is 0 Å². The van der Waals surface area contributed by atoms with Crippen molar-refractivity contribution in [2.24, 2.45) is 5.73 Å². The lowest BCUT2D eigenvalue weighted by Gasteiger charge is -2.06. The van der Waals surface area contributed by atoms with Crippen LogP contribution in [0.25, 0.3) is 10.9 Å². The van der Waals surface area contributed by atoms with Gasteiger partial charge in [0.2, 0.25) is 0 Å². The van der Waals surface area contributed by atoms with Gasteiger partial charge >= 0.3 is 0 Å². The first-order valence-corrected chi connectivity index (χ1v) is 6.42. The second kappa shape index (κ2) is 5.22. The van der Waals surface area contributed by atoms with Crippen LogP contribution in [-0.2, 0) is 0 Å². The molecule has 3 aromatic rings. The van der Waals surface area contributed by atoms with Crippen LogP contribution in [0.5, 0.6) is 11.5 Å². The molecule has 0 aliphatic rings. The lowest BCUT2D eigenvalue weighted by atomic mass is 10.2. The summed E-state index contributed by atoms with van der Waals surface area (Å²) in [6, 6.07) is 13.3. The van der Waals surface area contributed by atoms with Crippen molar-refractivity contribution in [3.8, 4) is 11.5 Å². The SMILES string of the molecule is NC(=S)c1ccc(Oc2cnc3ccccc3c2)cn1. The van der Waals surface area contributed by atoms with E-state index in [1.165, 1.54) is 0 Å². The van der Waals surface area contributed by atoms with Gasteiger partial charge in [0.1, 0.15) is 16.5 Å². The molecule has 0 saturated heterocycles. The number of ether oxygens (including phenoxy) is 1. The minimum atomic E-state index is 0.268. The first-order chi connectivity index (χ1) is 9.72. The number of aromatic nitrogens is 2. The fourth-order valence-corrected chi connectivity index (χ4v) is 1.95. The minimum absolute atomic E-state index is 0.268. The Morgan fingerprint density at radius 3 is 2.55 bits per heavy atom. The minimum Gasteiger partial charge on any atom is -0.454 e. The monoisotopic (exact) mass is 281 g/mol. The molecule has 2 aromatic heterocycles. The Kier molecular flexibility index (Phi) is 3.26. The van der Waals surface area contributed by atoms with Gasteiger partial charge in [-0.1, -0.05) is 30.4 Å². The van der Waals surface area contributed by atoms with E-state index in [2.05, 4.69) is 9.97 Å². The summed E-state index contributed by atoms with van der Waals surface area (Å²) in [5, 5.41) is 1.03. The first-order valence-electron chi connectivity index (χ1n) is 6.01. The molecule has 2 heterocycles. The smallest absolute Gasteiger partial charge is 0.146 e. The third-order valence-electron chi connectivity index (χ3n) is 2.79. The highest BCUT2D eigenvalue weighted by Crippen LogP contribution is 2.23. The standard InChI is InChI=1S/C15H11N3OS/c16-15(20)14-6-5-11(8-18-14)19-12-7-10-3-1-2-4-13(10)17-9-12/h1-9H,(H2,16,20). The van der Waals surface area contributed by atoms with E-state index in [0.29, 0.717) is 17.2 Å². The highest BCUT2D eigenvalue weighted by atomic mass is 32.1. The van der Waals surface area contributed by atoms with Gasteiger partial charge in [0.15, 0.2) is 0 Å². The Bertz CT molecular complexity index is 771. The van der Waals surface area contributed by atoms with E-state index in [-0.39, 0.29) is 4.99 Å². The van der Waals surface area contributed by atoms with Crippen LogP contribution in [-0.4, -0.2) is 15.0 Å². The summed E-state index contributed by atoms with van der Waals surface area (Å²) in [5.41, 5.74) is 7.00. The molecular formula is C15H11N3OS. The number of benzene rings is 1. The summed E-state index contributed by atoms with van der Waals surface area (Å²) < 4.78 is 5.71. The average Bonchev–Trinajstić information content (AvgIpc) is 2.48. The highest BCUT2D eigenvalue weighted by molar-refractivity contribution is 7.80. The van der Waals surface area contributed by atoms with E-state index in [4.69, 9.17) is 22.7 Å². The van der Waals surface area contributed by atoms with E-state index in [1.807, 2.05) is 30.3 Å². The first kappa shape index (κ1) is 12.5. The maximum Gasteiger partial charge on any atom is 0.146 e. The molecule has 0 unspecified atom stereocenters. The molecule has 0 aliphatic carbocycles. The highest BCUT2D eigenvalue weighted by Gasteiger charge is 2.02. The van der Waals surface area contributed by atoms with Crippen LogP contribution in [0.15, 0.2) is 54.9 Å². The summed E-state index contributed by atoms with van der Waals surface area (Å²) in [5.74, 6) is 1.27. The molecule has 0 amide bonds. The topological polar surface area (TPSA) is 61.0 Å². The molecule has 0 radical (unpaired) electrons. The van der Waals surface area contributed by atoms with Crippen LogP contribution >= 0.6 is 12.2 Å². The number of fused-ring (bicyclic) bond motifs is 1. The summed E-state index contributed by atoms with van der Waals surface area (Å²) in [4.78, 5) is 8.73. The Labute approximate surface area is 121 Å². The Morgan fingerprint density at radius 2 is 1.80 bits per heavy atom. The lowest BCUT2D eigenvalue weighted by Crippen LogP contribution is -2.10. The normalized spacial score (nSPS) is 10.4. The van der Waals surface area contributed by atoms with E-state index in [9.17, 15) is 0 Å². The van der Waals surface area contributed by atoms with Crippen molar-refractivity contribution in [1.82, 2.24) is 9.97 Å². The number of thiocarbonyl (C=S) groups is 1. The van der Waals surface area contributed by atoms with Gasteiger partial charge in [-0.3, -0.25) is 4.98 Å². The van der Waals surface area contributed by atoms with Crippen molar-refractivity contribution in [1.29, 1.82) is 0 Å². The van der Waals surface area contributed by atoms with E-state index in [1.54, 1.807) is 24.5 Å². The predicted octanol–water partition coefficient (Wildman–Crippen LogP) is 3.06. The average molecular weight is 281 g/mol. The van der Waals surface area contributed by atoms with Gasteiger partial charge < -0.3 is 10.5 Å². The van der Waals surface area contributed by atoms with Gasteiger partial charge in [-0.25, -0.2) is 4.98 Å². The van der Waals surface area contributed by atoms with Crippen LogP contribution < -0.4 is 10.5 Å². The lowest BCUT2D eigenvalue weighted by molar-refractivity contribution is 0.479. The third kappa shape index (κ3) is 2.57.